The van der Waals surface area contributed by atoms with E-state index < -0.39 is 0 Å². The fourth-order valence-electron chi connectivity index (χ4n) is 0.776. The Morgan fingerprint density at radius 2 is 2.00 bits per heavy atom. The molecule has 11 heavy (non-hydrogen) atoms. The maximum atomic E-state index is 5.38. The summed E-state index contributed by atoms with van der Waals surface area (Å²) in [5, 5.41) is 0. The summed E-state index contributed by atoms with van der Waals surface area (Å²) in [7, 11) is 1.94. The summed E-state index contributed by atoms with van der Waals surface area (Å²) in [5.74, 6) is 0. The van der Waals surface area contributed by atoms with Gasteiger partial charge in [0.1, 0.15) is 0 Å². The Morgan fingerprint density at radius 1 is 1.18 bits per heavy atom. The molecular weight excluding hydrogens is 156 g/mol. The van der Waals surface area contributed by atoms with Crippen LogP contribution in [-0.2, 0) is 9.16 Å². The Kier molecular flexibility index (Phi) is 10.3. The van der Waals surface area contributed by atoms with Crippen LogP contribution >= 0.6 is 0 Å². The zero-order chi connectivity index (χ0) is 8.36. The Morgan fingerprint density at radius 3 is 2.64 bits per heavy atom. The van der Waals surface area contributed by atoms with Crippen LogP contribution in [0.3, 0.4) is 0 Å². The molecule has 0 unspecified atom stereocenters. The minimum Gasteiger partial charge on any atom is -0.418 e. The third-order valence-corrected chi connectivity index (χ3v) is 2.56. The van der Waals surface area contributed by atoms with Gasteiger partial charge in [-0.3, -0.25) is 0 Å². The maximum absolute atomic E-state index is 5.38. The van der Waals surface area contributed by atoms with Crippen molar-refractivity contribution >= 4 is 9.76 Å². The molecule has 0 amide bonds. The molecule has 0 aliphatic carbocycles. The van der Waals surface area contributed by atoms with E-state index in [0.29, 0.717) is 0 Å². The van der Waals surface area contributed by atoms with E-state index in [4.69, 9.17) is 9.16 Å². The van der Waals surface area contributed by atoms with Crippen LogP contribution in [0.2, 0.25) is 6.04 Å². The van der Waals surface area contributed by atoms with E-state index >= 15 is 0 Å². The first-order valence-corrected chi connectivity index (χ1v) is 5.62. The van der Waals surface area contributed by atoms with Crippen molar-refractivity contribution in [3.05, 3.63) is 0 Å². The summed E-state index contributed by atoms with van der Waals surface area (Å²) < 4.78 is 10.2. The number of rotatable bonds is 8. The number of unbranched alkanes of at least 4 members (excludes halogenated alkanes) is 2. The van der Waals surface area contributed by atoms with E-state index in [1.54, 1.807) is 7.11 Å². The summed E-state index contributed by atoms with van der Waals surface area (Å²) in [6, 6.07) is 1.28. The molecular formula is C8H19O2Si. The molecule has 67 valence electrons. The van der Waals surface area contributed by atoms with Crippen molar-refractivity contribution in [3.8, 4) is 0 Å². The second-order valence-corrected chi connectivity index (χ2v) is 3.77. The van der Waals surface area contributed by atoms with E-state index in [9.17, 15) is 0 Å². The van der Waals surface area contributed by atoms with Crippen molar-refractivity contribution in [3.63, 3.8) is 0 Å². The van der Waals surface area contributed by atoms with Crippen LogP contribution in [0.25, 0.3) is 0 Å². The molecule has 0 aliphatic rings. The van der Waals surface area contributed by atoms with Crippen LogP contribution in [0.4, 0.5) is 0 Å². The normalized spacial score (nSPS) is 10.4. The fraction of sp³-hybridized carbons (Fsp3) is 1.00. The Hall–Kier alpha value is 0.137. The lowest BCUT2D eigenvalue weighted by atomic mass is 10.3. The zero-order valence-corrected chi connectivity index (χ0v) is 8.79. The highest BCUT2D eigenvalue weighted by molar-refractivity contribution is 6.26. The molecule has 2 nitrogen and oxygen atoms in total. The van der Waals surface area contributed by atoms with Crippen molar-refractivity contribution in [1.82, 2.24) is 0 Å². The molecule has 3 heteroatoms. The summed E-state index contributed by atoms with van der Waals surface area (Å²) in [6.07, 6.45) is 3.98. The van der Waals surface area contributed by atoms with Crippen LogP contribution in [-0.4, -0.2) is 30.1 Å². The van der Waals surface area contributed by atoms with Crippen molar-refractivity contribution in [2.75, 3.05) is 20.3 Å². The minimum atomic E-state index is 0.231. The number of hydrogen-bond donors (Lipinski definition) is 0. The Labute approximate surface area is 72.2 Å². The maximum Gasteiger partial charge on any atom is 0.193 e. The highest BCUT2D eigenvalue weighted by Gasteiger charge is 1.90. The molecule has 0 heterocycles. The molecule has 0 rings (SSSR count). The topological polar surface area (TPSA) is 18.5 Å². The lowest BCUT2D eigenvalue weighted by molar-refractivity contribution is 0.149. The van der Waals surface area contributed by atoms with Crippen molar-refractivity contribution in [1.29, 1.82) is 0 Å². The van der Waals surface area contributed by atoms with Gasteiger partial charge in [-0.05, 0) is 6.04 Å². The van der Waals surface area contributed by atoms with Gasteiger partial charge in [0, 0.05) is 7.11 Å². The smallest absolute Gasteiger partial charge is 0.193 e. The first-order valence-electron chi connectivity index (χ1n) is 4.34. The van der Waals surface area contributed by atoms with Gasteiger partial charge in [0.15, 0.2) is 9.76 Å². The first-order chi connectivity index (χ1) is 5.41. The Balaban J connectivity index is 2.69. The van der Waals surface area contributed by atoms with Crippen molar-refractivity contribution < 1.29 is 9.16 Å². The highest BCUT2D eigenvalue weighted by Crippen LogP contribution is 1.98. The third-order valence-electron chi connectivity index (χ3n) is 1.45. The SMILES string of the molecule is CCCCC[SiH]OCCOC. The monoisotopic (exact) mass is 175 g/mol. The van der Waals surface area contributed by atoms with Gasteiger partial charge >= 0.3 is 0 Å². The summed E-state index contributed by atoms with van der Waals surface area (Å²) >= 11 is 0. The molecule has 0 N–H and O–H groups in total. The average Bonchev–Trinajstić information content (AvgIpc) is 2.03. The Bertz CT molecular complexity index is 61.1. The summed E-state index contributed by atoms with van der Waals surface area (Å²) in [5.41, 5.74) is 0. The molecule has 0 spiro atoms. The lowest BCUT2D eigenvalue weighted by Gasteiger charge is -2.01. The molecule has 0 aromatic heterocycles. The van der Waals surface area contributed by atoms with Crippen LogP contribution < -0.4 is 0 Å². The predicted octanol–water partition coefficient (Wildman–Crippen LogP) is 1.61. The molecule has 0 saturated heterocycles. The van der Waals surface area contributed by atoms with Crippen LogP contribution in [0.15, 0.2) is 0 Å². The van der Waals surface area contributed by atoms with Gasteiger partial charge in [-0.15, -0.1) is 0 Å². The second-order valence-electron chi connectivity index (χ2n) is 2.53. The van der Waals surface area contributed by atoms with Crippen LogP contribution in [0.5, 0.6) is 0 Å². The largest absolute Gasteiger partial charge is 0.418 e. The molecule has 0 aromatic rings. The molecule has 0 aromatic carbocycles. The second kappa shape index (κ2) is 10.1. The standard InChI is InChI=1S/C8H19O2Si/c1-3-4-5-8-11-10-7-6-9-2/h11H,3-8H2,1-2H3. The van der Waals surface area contributed by atoms with Gasteiger partial charge in [0.05, 0.1) is 13.2 Å². The summed E-state index contributed by atoms with van der Waals surface area (Å²) in [6.45, 7) is 3.74. The van der Waals surface area contributed by atoms with Crippen LogP contribution in [0, 0.1) is 0 Å². The molecule has 0 fully saturated rings. The van der Waals surface area contributed by atoms with Crippen molar-refractivity contribution in [2.45, 2.75) is 32.2 Å². The van der Waals surface area contributed by atoms with E-state index in [0.717, 1.165) is 13.2 Å². The molecule has 0 atom stereocenters. The van der Waals surface area contributed by atoms with Gasteiger partial charge in [0.25, 0.3) is 0 Å². The summed E-state index contributed by atoms with van der Waals surface area (Å²) in [4.78, 5) is 0. The number of hydrogen-bond acceptors (Lipinski definition) is 2. The van der Waals surface area contributed by atoms with E-state index in [1.165, 1.54) is 25.3 Å². The highest BCUT2D eigenvalue weighted by atomic mass is 28.2. The van der Waals surface area contributed by atoms with E-state index in [1.807, 2.05) is 0 Å². The van der Waals surface area contributed by atoms with Crippen molar-refractivity contribution in [2.24, 2.45) is 0 Å². The van der Waals surface area contributed by atoms with E-state index in [-0.39, 0.29) is 9.76 Å². The number of methoxy groups -OCH3 is 1. The van der Waals surface area contributed by atoms with E-state index in [2.05, 4.69) is 6.92 Å². The zero-order valence-electron chi connectivity index (χ0n) is 7.64. The molecule has 0 saturated carbocycles. The van der Waals surface area contributed by atoms with Crippen LogP contribution in [0.1, 0.15) is 26.2 Å². The fourth-order valence-corrected chi connectivity index (χ4v) is 1.66. The van der Waals surface area contributed by atoms with Gasteiger partial charge in [0.2, 0.25) is 0 Å². The first kappa shape index (κ1) is 11.1. The number of ether oxygens (including phenoxy) is 1. The molecule has 0 aliphatic heterocycles. The molecule has 1 radical (unpaired) electrons. The lowest BCUT2D eigenvalue weighted by Crippen LogP contribution is -2.05. The van der Waals surface area contributed by atoms with Gasteiger partial charge in [-0.1, -0.05) is 26.2 Å². The third kappa shape index (κ3) is 10.1. The quantitative estimate of drug-likeness (QED) is 0.412. The minimum absolute atomic E-state index is 0.231. The van der Waals surface area contributed by atoms with Gasteiger partial charge in [-0.25, -0.2) is 0 Å². The predicted molar refractivity (Wildman–Crippen MR) is 49.3 cm³/mol. The molecule has 0 bridgehead atoms. The van der Waals surface area contributed by atoms with Gasteiger partial charge in [-0.2, -0.15) is 0 Å². The average molecular weight is 175 g/mol. The van der Waals surface area contributed by atoms with Gasteiger partial charge < -0.3 is 9.16 Å².